The maximum absolute atomic E-state index is 10.7. The molecule has 0 radical (unpaired) electrons. The summed E-state index contributed by atoms with van der Waals surface area (Å²) in [5, 5.41) is 2.33. The fourth-order valence-corrected chi connectivity index (χ4v) is 2.75. The summed E-state index contributed by atoms with van der Waals surface area (Å²) >= 11 is 7.48. The molecule has 0 bridgehead atoms. The first-order valence-electron chi connectivity index (χ1n) is 5.24. The van der Waals surface area contributed by atoms with Crippen molar-refractivity contribution >= 4 is 40.1 Å². The van der Waals surface area contributed by atoms with Crippen molar-refractivity contribution in [3.8, 4) is 10.6 Å². The number of hydrogen-bond donors (Lipinski definition) is 0. The monoisotopic (exact) mass is 274 g/mol. The van der Waals surface area contributed by atoms with Crippen LogP contribution in [0.15, 0.2) is 36.7 Å². The van der Waals surface area contributed by atoms with E-state index in [9.17, 15) is 4.79 Å². The second kappa shape index (κ2) is 4.48. The molecule has 2 heterocycles. The molecule has 1 aromatic carbocycles. The molecule has 0 amide bonds. The highest BCUT2D eigenvalue weighted by Gasteiger charge is 2.11. The molecule has 0 fully saturated rings. The Hall–Kier alpha value is -1.78. The third kappa shape index (κ3) is 1.79. The number of benzene rings is 1. The van der Waals surface area contributed by atoms with Gasteiger partial charge in [-0.15, -0.1) is 11.3 Å². The van der Waals surface area contributed by atoms with Crippen LogP contribution in [-0.4, -0.2) is 16.3 Å². The van der Waals surface area contributed by atoms with Gasteiger partial charge in [0.15, 0.2) is 6.29 Å². The van der Waals surface area contributed by atoms with Crippen LogP contribution in [0.2, 0.25) is 5.02 Å². The van der Waals surface area contributed by atoms with E-state index in [1.807, 2.05) is 24.3 Å². The zero-order chi connectivity index (χ0) is 12.5. The average Bonchev–Trinajstić information content (AvgIpc) is 2.88. The number of thiazole rings is 1. The van der Waals surface area contributed by atoms with E-state index < -0.39 is 0 Å². The molecule has 0 atom stereocenters. The number of hydrogen-bond acceptors (Lipinski definition) is 4. The lowest BCUT2D eigenvalue weighted by atomic mass is 10.1. The highest BCUT2D eigenvalue weighted by molar-refractivity contribution is 7.16. The van der Waals surface area contributed by atoms with Gasteiger partial charge in [0, 0.05) is 23.3 Å². The van der Waals surface area contributed by atoms with Gasteiger partial charge in [-0.05, 0) is 24.3 Å². The molecule has 0 N–H and O–H groups in total. The third-order valence-corrected chi connectivity index (χ3v) is 3.87. The molecule has 0 saturated heterocycles. The van der Waals surface area contributed by atoms with E-state index in [0.717, 1.165) is 27.8 Å². The molecule has 3 aromatic rings. The average molecular weight is 275 g/mol. The van der Waals surface area contributed by atoms with Crippen LogP contribution in [0.3, 0.4) is 0 Å². The molecule has 0 aliphatic carbocycles. The highest BCUT2D eigenvalue weighted by Crippen LogP contribution is 2.33. The van der Waals surface area contributed by atoms with E-state index in [-0.39, 0.29) is 0 Å². The van der Waals surface area contributed by atoms with Gasteiger partial charge in [-0.2, -0.15) is 0 Å². The van der Waals surface area contributed by atoms with Crippen molar-refractivity contribution in [2.45, 2.75) is 0 Å². The SMILES string of the molecule is O=Cc1cnc(-c2ccc(Cl)c3cccnc23)s1. The van der Waals surface area contributed by atoms with Crippen LogP contribution in [0.1, 0.15) is 9.67 Å². The molecule has 0 spiro atoms. The Bertz CT molecular complexity index is 739. The lowest BCUT2D eigenvalue weighted by Gasteiger charge is -2.04. The van der Waals surface area contributed by atoms with Gasteiger partial charge >= 0.3 is 0 Å². The first-order chi connectivity index (χ1) is 8.79. The first-order valence-corrected chi connectivity index (χ1v) is 6.43. The summed E-state index contributed by atoms with van der Waals surface area (Å²) in [7, 11) is 0. The summed E-state index contributed by atoms with van der Waals surface area (Å²) in [6.45, 7) is 0. The summed E-state index contributed by atoms with van der Waals surface area (Å²) in [6.07, 6.45) is 4.08. The minimum atomic E-state index is 0.601. The quantitative estimate of drug-likeness (QED) is 0.667. The Morgan fingerprint density at radius 2 is 2.11 bits per heavy atom. The number of aromatic nitrogens is 2. The lowest BCUT2D eigenvalue weighted by molar-refractivity contribution is 0.112. The van der Waals surface area contributed by atoms with Crippen LogP contribution in [0, 0.1) is 0 Å². The topological polar surface area (TPSA) is 42.9 Å². The maximum atomic E-state index is 10.7. The number of carbonyl (C=O) groups excluding carboxylic acids is 1. The maximum Gasteiger partial charge on any atom is 0.161 e. The van der Waals surface area contributed by atoms with E-state index in [1.54, 1.807) is 12.4 Å². The predicted molar refractivity (Wildman–Crippen MR) is 73.2 cm³/mol. The smallest absolute Gasteiger partial charge is 0.161 e. The number of fused-ring (bicyclic) bond motifs is 1. The molecule has 0 aliphatic rings. The van der Waals surface area contributed by atoms with Crippen LogP contribution in [0.25, 0.3) is 21.5 Å². The lowest BCUT2D eigenvalue weighted by Crippen LogP contribution is -1.84. The van der Waals surface area contributed by atoms with Crippen molar-refractivity contribution in [1.29, 1.82) is 0 Å². The highest BCUT2D eigenvalue weighted by atomic mass is 35.5. The zero-order valence-corrected chi connectivity index (χ0v) is 10.7. The Labute approximate surface area is 112 Å². The van der Waals surface area contributed by atoms with E-state index in [0.29, 0.717) is 9.90 Å². The Balaban J connectivity index is 2.29. The zero-order valence-electron chi connectivity index (χ0n) is 9.13. The minimum absolute atomic E-state index is 0.601. The summed E-state index contributed by atoms with van der Waals surface area (Å²) in [4.78, 5) is 19.9. The standard InChI is InChI=1S/C13H7ClN2OS/c14-11-4-3-10(12-9(11)2-1-5-15-12)13-16-6-8(7-17)18-13/h1-7H. The molecule has 3 rings (SSSR count). The Morgan fingerprint density at radius 1 is 1.22 bits per heavy atom. The van der Waals surface area contributed by atoms with Gasteiger partial charge in [0.25, 0.3) is 0 Å². The van der Waals surface area contributed by atoms with Crippen molar-refractivity contribution in [2.75, 3.05) is 0 Å². The first kappa shape index (κ1) is 11.3. The van der Waals surface area contributed by atoms with Crippen LogP contribution < -0.4 is 0 Å². The van der Waals surface area contributed by atoms with E-state index in [4.69, 9.17) is 11.6 Å². The molecule has 5 heteroatoms. The summed E-state index contributed by atoms with van der Waals surface area (Å²) < 4.78 is 0. The van der Waals surface area contributed by atoms with Gasteiger partial charge in [-0.1, -0.05) is 11.6 Å². The van der Waals surface area contributed by atoms with Gasteiger partial charge in [0.05, 0.1) is 15.4 Å². The van der Waals surface area contributed by atoms with E-state index in [1.165, 1.54) is 11.3 Å². The molecule has 88 valence electrons. The van der Waals surface area contributed by atoms with Gasteiger partial charge in [0.1, 0.15) is 5.01 Å². The van der Waals surface area contributed by atoms with Gasteiger partial charge < -0.3 is 0 Å². The molecule has 0 saturated carbocycles. The van der Waals surface area contributed by atoms with Crippen molar-refractivity contribution in [1.82, 2.24) is 9.97 Å². The van der Waals surface area contributed by atoms with Gasteiger partial charge in [-0.25, -0.2) is 4.98 Å². The molecular formula is C13H7ClN2OS. The summed E-state index contributed by atoms with van der Waals surface area (Å²) in [5.74, 6) is 0. The summed E-state index contributed by atoms with van der Waals surface area (Å²) in [6, 6.07) is 7.47. The molecule has 2 aromatic heterocycles. The normalized spacial score (nSPS) is 10.7. The van der Waals surface area contributed by atoms with Gasteiger partial charge in [-0.3, -0.25) is 9.78 Å². The molecule has 18 heavy (non-hydrogen) atoms. The fourth-order valence-electron chi connectivity index (χ4n) is 1.78. The second-order valence-corrected chi connectivity index (χ2v) is 5.15. The van der Waals surface area contributed by atoms with Crippen molar-refractivity contribution < 1.29 is 4.79 Å². The predicted octanol–water partition coefficient (Wildman–Crippen LogP) is 3.82. The Morgan fingerprint density at radius 3 is 2.89 bits per heavy atom. The second-order valence-electron chi connectivity index (χ2n) is 3.68. The van der Waals surface area contributed by atoms with Crippen LogP contribution in [0.4, 0.5) is 0 Å². The minimum Gasteiger partial charge on any atom is -0.297 e. The van der Waals surface area contributed by atoms with Crippen molar-refractivity contribution in [2.24, 2.45) is 0 Å². The fraction of sp³-hybridized carbons (Fsp3) is 0. The Kier molecular flexibility index (Phi) is 2.81. The van der Waals surface area contributed by atoms with Crippen molar-refractivity contribution in [3.05, 3.63) is 46.6 Å². The van der Waals surface area contributed by atoms with Crippen molar-refractivity contribution in [3.63, 3.8) is 0 Å². The number of pyridine rings is 1. The number of halogens is 1. The van der Waals surface area contributed by atoms with Crippen LogP contribution in [-0.2, 0) is 0 Å². The molecule has 3 nitrogen and oxygen atoms in total. The molecule has 0 unspecified atom stereocenters. The number of aldehydes is 1. The molecule has 0 aliphatic heterocycles. The van der Waals surface area contributed by atoms with E-state index in [2.05, 4.69) is 9.97 Å². The number of rotatable bonds is 2. The number of nitrogens with zero attached hydrogens (tertiary/aromatic N) is 2. The molecular weight excluding hydrogens is 268 g/mol. The summed E-state index contributed by atoms with van der Waals surface area (Å²) in [5.41, 5.74) is 1.70. The van der Waals surface area contributed by atoms with E-state index >= 15 is 0 Å². The largest absolute Gasteiger partial charge is 0.297 e. The van der Waals surface area contributed by atoms with Crippen LogP contribution >= 0.6 is 22.9 Å². The van der Waals surface area contributed by atoms with Gasteiger partial charge in [0.2, 0.25) is 0 Å². The third-order valence-electron chi connectivity index (χ3n) is 2.59. The van der Waals surface area contributed by atoms with Crippen LogP contribution in [0.5, 0.6) is 0 Å². The number of carbonyl (C=O) groups is 1.